The molecule has 110 valence electrons. The summed E-state index contributed by atoms with van der Waals surface area (Å²) in [6.07, 6.45) is 1.55. The number of carboxylic acids is 1. The maximum atomic E-state index is 12.1. The number of nitrogens with one attached hydrogen (secondary N) is 1. The van der Waals surface area contributed by atoms with Gasteiger partial charge in [0, 0.05) is 4.88 Å². The van der Waals surface area contributed by atoms with E-state index in [-0.39, 0.29) is 16.3 Å². The lowest BCUT2D eigenvalue weighted by atomic mass is 10.2. The SMILES string of the molecule is Cc1cc(C(=O)O)c(NC(=O)C2CCCCS2(=O)=O)s1. The first-order valence-corrected chi connectivity index (χ1v) is 8.70. The highest BCUT2D eigenvalue weighted by atomic mass is 32.2. The molecule has 0 aliphatic carbocycles. The number of hydrogen-bond acceptors (Lipinski definition) is 5. The number of carbonyl (C=O) groups is 2. The Morgan fingerprint density at radius 1 is 1.40 bits per heavy atom. The maximum Gasteiger partial charge on any atom is 0.338 e. The van der Waals surface area contributed by atoms with Crippen LogP contribution in [0.1, 0.15) is 34.5 Å². The predicted octanol–water partition coefficient (Wildman–Crippen LogP) is 1.66. The summed E-state index contributed by atoms with van der Waals surface area (Å²) in [5, 5.41) is 10.6. The lowest BCUT2D eigenvalue weighted by Crippen LogP contribution is -2.39. The molecular weight excluding hydrogens is 302 g/mol. The summed E-state index contributed by atoms with van der Waals surface area (Å²) in [5.41, 5.74) is -0.00550. The molecule has 1 aliphatic rings. The molecule has 8 heteroatoms. The first kappa shape index (κ1) is 15.0. The monoisotopic (exact) mass is 317 g/mol. The standard InChI is InChI=1S/C12H15NO5S2/c1-7-6-8(12(15)16)11(19-7)13-10(14)9-4-2-3-5-20(9,17)18/h6,9H,2-5H2,1H3,(H,13,14)(H,15,16). The van der Waals surface area contributed by atoms with Crippen LogP contribution >= 0.6 is 11.3 Å². The van der Waals surface area contributed by atoms with Gasteiger partial charge in [0.05, 0.1) is 11.3 Å². The molecule has 0 bridgehead atoms. The molecule has 1 aliphatic heterocycles. The first-order chi connectivity index (χ1) is 9.31. The Hall–Kier alpha value is -1.41. The highest BCUT2D eigenvalue weighted by Gasteiger charge is 2.35. The number of aryl methyl sites for hydroxylation is 1. The number of aromatic carboxylic acids is 1. The van der Waals surface area contributed by atoms with Gasteiger partial charge in [-0.2, -0.15) is 0 Å². The molecule has 1 fully saturated rings. The van der Waals surface area contributed by atoms with E-state index in [9.17, 15) is 18.0 Å². The largest absolute Gasteiger partial charge is 0.478 e. The summed E-state index contributed by atoms with van der Waals surface area (Å²) >= 11 is 1.13. The molecule has 0 saturated carbocycles. The first-order valence-electron chi connectivity index (χ1n) is 6.17. The smallest absolute Gasteiger partial charge is 0.338 e. The second-order valence-electron chi connectivity index (χ2n) is 4.75. The number of carbonyl (C=O) groups excluding carboxylic acids is 1. The summed E-state index contributed by atoms with van der Waals surface area (Å²) in [4.78, 5) is 23.9. The molecule has 1 amide bonds. The molecule has 0 spiro atoms. The van der Waals surface area contributed by atoms with Crippen LogP contribution in [0.25, 0.3) is 0 Å². The van der Waals surface area contributed by atoms with Gasteiger partial charge in [-0.05, 0) is 25.8 Å². The van der Waals surface area contributed by atoms with E-state index in [0.29, 0.717) is 19.3 Å². The van der Waals surface area contributed by atoms with Crippen molar-refractivity contribution < 1.29 is 23.1 Å². The molecule has 1 atom stereocenters. The fourth-order valence-corrected chi connectivity index (χ4v) is 4.92. The van der Waals surface area contributed by atoms with Crippen LogP contribution in [0, 0.1) is 6.92 Å². The van der Waals surface area contributed by atoms with Crippen LogP contribution in [-0.4, -0.2) is 36.4 Å². The summed E-state index contributed by atoms with van der Waals surface area (Å²) in [7, 11) is -3.42. The highest BCUT2D eigenvalue weighted by molar-refractivity contribution is 7.92. The van der Waals surface area contributed by atoms with Crippen molar-refractivity contribution >= 4 is 38.1 Å². The highest BCUT2D eigenvalue weighted by Crippen LogP contribution is 2.29. The van der Waals surface area contributed by atoms with Gasteiger partial charge in [0.15, 0.2) is 9.84 Å². The van der Waals surface area contributed by atoms with E-state index in [1.54, 1.807) is 6.92 Å². The van der Waals surface area contributed by atoms with Gasteiger partial charge in [-0.15, -0.1) is 11.3 Å². The van der Waals surface area contributed by atoms with Crippen LogP contribution in [0.4, 0.5) is 5.00 Å². The number of thiophene rings is 1. The van der Waals surface area contributed by atoms with Crippen molar-refractivity contribution in [2.24, 2.45) is 0 Å². The molecule has 2 N–H and O–H groups in total. The molecule has 1 saturated heterocycles. The Bertz CT molecular complexity index is 647. The third-order valence-electron chi connectivity index (χ3n) is 3.19. The van der Waals surface area contributed by atoms with E-state index >= 15 is 0 Å². The lowest BCUT2D eigenvalue weighted by molar-refractivity contribution is -0.116. The molecule has 6 nitrogen and oxygen atoms in total. The summed E-state index contributed by atoms with van der Waals surface area (Å²) in [6.45, 7) is 1.73. The summed E-state index contributed by atoms with van der Waals surface area (Å²) in [5.74, 6) is -1.76. The second kappa shape index (κ2) is 5.53. The van der Waals surface area contributed by atoms with E-state index in [1.165, 1.54) is 6.07 Å². The van der Waals surface area contributed by atoms with E-state index < -0.39 is 27.0 Å². The zero-order valence-electron chi connectivity index (χ0n) is 10.9. The minimum absolute atomic E-state index is 0.00550. The Labute approximate surface area is 120 Å². The van der Waals surface area contributed by atoms with Gasteiger partial charge in [-0.3, -0.25) is 4.79 Å². The van der Waals surface area contributed by atoms with Crippen molar-refractivity contribution in [3.05, 3.63) is 16.5 Å². The van der Waals surface area contributed by atoms with E-state index in [1.807, 2.05) is 0 Å². The third kappa shape index (κ3) is 3.01. The van der Waals surface area contributed by atoms with E-state index in [0.717, 1.165) is 16.2 Å². The quantitative estimate of drug-likeness (QED) is 0.883. The molecule has 2 rings (SSSR count). The second-order valence-corrected chi connectivity index (χ2v) is 8.30. The van der Waals surface area contributed by atoms with Crippen LogP contribution in [0.3, 0.4) is 0 Å². The Balaban J connectivity index is 2.22. The van der Waals surface area contributed by atoms with Crippen molar-refractivity contribution in [2.75, 3.05) is 11.1 Å². The summed E-state index contributed by atoms with van der Waals surface area (Å²) < 4.78 is 23.7. The molecular formula is C12H15NO5S2. The van der Waals surface area contributed by atoms with Crippen molar-refractivity contribution in [2.45, 2.75) is 31.4 Å². The number of sulfone groups is 1. The minimum atomic E-state index is -3.42. The number of hydrogen-bond donors (Lipinski definition) is 2. The Kier molecular flexibility index (Phi) is 4.14. The zero-order chi connectivity index (χ0) is 14.9. The van der Waals surface area contributed by atoms with E-state index in [4.69, 9.17) is 5.11 Å². The molecule has 1 unspecified atom stereocenters. The van der Waals surface area contributed by atoms with Gasteiger partial charge < -0.3 is 10.4 Å². The van der Waals surface area contributed by atoms with Crippen molar-refractivity contribution in [3.8, 4) is 0 Å². The number of anilines is 1. The molecule has 0 aromatic carbocycles. The zero-order valence-corrected chi connectivity index (χ0v) is 12.5. The summed E-state index contributed by atoms with van der Waals surface area (Å²) in [6, 6.07) is 1.46. The van der Waals surface area contributed by atoms with Gasteiger partial charge in [0.2, 0.25) is 5.91 Å². The third-order valence-corrected chi connectivity index (χ3v) is 6.33. The minimum Gasteiger partial charge on any atom is -0.478 e. The molecule has 1 aromatic rings. The maximum absolute atomic E-state index is 12.1. The van der Waals surface area contributed by atoms with Crippen LogP contribution < -0.4 is 5.32 Å². The average Bonchev–Trinajstić information content (AvgIpc) is 2.69. The number of amides is 1. The van der Waals surface area contributed by atoms with Crippen LogP contribution in [0.5, 0.6) is 0 Å². The Morgan fingerprint density at radius 2 is 2.10 bits per heavy atom. The van der Waals surface area contributed by atoms with Crippen LogP contribution in [-0.2, 0) is 14.6 Å². The lowest BCUT2D eigenvalue weighted by Gasteiger charge is -2.21. The fourth-order valence-electron chi connectivity index (χ4n) is 2.21. The van der Waals surface area contributed by atoms with Crippen LogP contribution in [0.2, 0.25) is 0 Å². The van der Waals surface area contributed by atoms with Crippen LogP contribution in [0.15, 0.2) is 6.07 Å². The topological polar surface area (TPSA) is 101 Å². The van der Waals surface area contributed by atoms with Crippen molar-refractivity contribution in [1.29, 1.82) is 0 Å². The van der Waals surface area contributed by atoms with Gasteiger partial charge in [-0.1, -0.05) is 6.42 Å². The predicted molar refractivity (Wildman–Crippen MR) is 76.1 cm³/mol. The Morgan fingerprint density at radius 3 is 2.70 bits per heavy atom. The van der Waals surface area contributed by atoms with Gasteiger partial charge >= 0.3 is 5.97 Å². The van der Waals surface area contributed by atoms with Gasteiger partial charge in [0.25, 0.3) is 0 Å². The fraction of sp³-hybridized carbons (Fsp3) is 0.500. The van der Waals surface area contributed by atoms with Crippen molar-refractivity contribution in [1.82, 2.24) is 0 Å². The average molecular weight is 317 g/mol. The number of carboxylic acid groups (broad SMARTS) is 1. The molecule has 20 heavy (non-hydrogen) atoms. The van der Waals surface area contributed by atoms with Gasteiger partial charge in [0.1, 0.15) is 10.3 Å². The molecule has 2 heterocycles. The number of rotatable bonds is 3. The van der Waals surface area contributed by atoms with Crippen molar-refractivity contribution in [3.63, 3.8) is 0 Å². The van der Waals surface area contributed by atoms with E-state index in [2.05, 4.69) is 5.32 Å². The normalized spacial score (nSPS) is 21.4. The molecule has 0 radical (unpaired) electrons. The molecule has 1 aromatic heterocycles. The van der Waals surface area contributed by atoms with Gasteiger partial charge in [-0.25, -0.2) is 13.2 Å².